The predicted molar refractivity (Wildman–Crippen MR) is 93.6 cm³/mol. The largest absolute Gasteiger partial charge is 0.486 e. The standard InChI is InChI=1S/C19H22N2O3/c1-14(22)21-17-7-5-15(6-8-17)9-10-20-13-16-3-2-4-18-19(16)24-12-11-23-18/h2-8,20H,9-13H2,1H3,(H,21,22). The van der Waals surface area contributed by atoms with Gasteiger partial charge in [0.2, 0.25) is 5.91 Å². The van der Waals surface area contributed by atoms with Gasteiger partial charge in [0.1, 0.15) is 13.2 Å². The number of nitrogens with one attached hydrogen (secondary N) is 2. The van der Waals surface area contributed by atoms with Gasteiger partial charge in [0.05, 0.1) is 0 Å². The van der Waals surface area contributed by atoms with E-state index in [1.807, 2.05) is 36.4 Å². The van der Waals surface area contributed by atoms with Crippen molar-refractivity contribution in [3.8, 4) is 11.5 Å². The average molecular weight is 326 g/mol. The van der Waals surface area contributed by atoms with Crippen LogP contribution in [-0.2, 0) is 17.8 Å². The number of hydrogen-bond donors (Lipinski definition) is 2. The number of fused-ring (bicyclic) bond motifs is 1. The van der Waals surface area contributed by atoms with Crippen molar-refractivity contribution in [3.05, 3.63) is 53.6 Å². The van der Waals surface area contributed by atoms with Crippen LogP contribution in [0.5, 0.6) is 11.5 Å². The van der Waals surface area contributed by atoms with Gasteiger partial charge in [-0.05, 0) is 36.7 Å². The second-order valence-electron chi connectivity index (χ2n) is 5.75. The Labute approximate surface area is 142 Å². The molecule has 0 radical (unpaired) electrons. The van der Waals surface area contributed by atoms with E-state index in [1.165, 1.54) is 12.5 Å². The number of carbonyl (C=O) groups excluding carboxylic acids is 1. The molecule has 1 amide bonds. The van der Waals surface area contributed by atoms with Gasteiger partial charge in [0.25, 0.3) is 0 Å². The highest BCUT2D eigenvalue weighted by atomic mass is 16.6. The molecule has 2 aromatic carbocycles. The van der Waals surface area contributed by atoms with Crippen molar-refractivity contribution in [1.82, 2.24) is 5.32 Å². The third kappa shape index (κ3) is 4.26. The summed E-state index contributed by atoms with van der Waals surface area (Å²) in [7, 11) is 0. The third-order valence-corrected chi connectivity index (χ3v) is 3.83. The molecule has 126 valence electrons. The van der Waals surface area contributed by atoms with Crippen molar-refractivity contribution in [2.45, 2.75) is 19.9 Å². The van der Waals surface area contributed by atoms with Crippen molar-refractivity contribution in [2.24, 2.45) is 0 Å². The Kier molecular flexibility index (Phi) is 5.33. The minimum absolute atomic E-state index is 0.0539. The summed E-state index contributed by atoms with van der Waals surface area (Å²) in [6, 6.07) is 13.9. The molecule has 0 aromatic heterocycles. The van der Waals surface area contributed by atoms with Crippen LogP contribution in [0, 0.1) is 0 Å². The number of amides is 1. The van der Waals surface area contributed by atoms with E-state index in [2.05, 4.69) is 16.7 Å². The minimum Gasteiger partial charge on any atom is -0.486 e. The molecular formula is C19H22N2O3. The maximum absolute atomic E-state index is 11.0. The molecule has 1 aliphatic rings. The zero-order valence-electron chi connectivity index (χ0n) is 13.8. The molecule has 1 aliphatic heterocycles. The summed E-state index contributed by atoms with van der Waals surface area (Å²) in [4.78, 5) is 11.0. The first kappa shape index (κ1) is 16.3. The van der Waals surface area contributed by atoms with Crippen molar-refractivity contribution >= 4 is 11.6 Å². The Morgan fingerprint density at radius 3 is 2.67 bits per heavy atom. The fourth-order valence-electron chi connectivity index (χ4n) is 2.69. The SMILES string of the molecule is CC(=O)Nc1ccc(CCNCc2cccc3c2OCCO3)cc1. The van der Waals surface area contributed by atoms with E-state index < -0.39 is 0 Å². The number of ether oxygens (including phenoxy) is 2. The van der Waals surface area contributed by atoms with Gasteiger partial charge in [-0.1, -0.05) is 24.3 Å². The predicted octanol–water partition coefficient (Wildman–Crippen LogP) is 2.75. The van der Waals surface area contributed by atoms with E-state index in [1.54, 1.807) is 0 Å². The number of anilines is 1. The van der Waals surface area contributed by atoms with Crippen LogP contribution in [-0.4, -0.2) is 25.7 Å². The summed E-state index contributed by atoms with van der Waals surface area (Å²) >= 11 is 0. The van der Waals surface area contributed by atoms with Gasteiger partial charge in [0.15, 0.2) is 11.5 Å². The third-order valence-electron chi connectivity index (χ3n) is 3.83. The van der Waals surface area contributed by atoms with E-state index in [9.17, 15) is 4.79 Å². The van der Waals surface area contributed by atoms with Gasteiger partial charge in [-0.25, -0.2) is 0 Å². The lowest BCUT2D eigenvalue weighted by Gasteiger charge is -2.21. The lowest BCUT2D eigenvalue weighted by Crippen LogP contribution is -2.20. The van der Waals surface area contributed by atoms with Crippen LogP contribution in [0.25, 0.3) is 0 Å². The van der Waals surface area contributed by atoms with Gasteiger partial charge in [-0.3, -0.25) is 4.79 Å². The number of para-hydroxylation sites is 1. The van der Waals surface area contributed by atoms with Gasteiger partial charge >= 0.3 is 0 Å². The highest BCUT2D eigenvalue weighted by Crippen LogP contribution is 2.33. The van der Waals surface area contributed by atoms with Gasteiger partial charge in [-0.15, -0.1) is 0 Å². The smallest absolute Gasteiger partial charge is 0.221 e. The van der Waals surface area contributed by atoms with E-state index in [0.717, 1.165) is 42.3 Å². The quantitative estimate of drug-likeness (QED) is 0.802. The molecule has 0 spiro atoms. The Morgan fingerprint density at radius 2 is 1.88 bits per heavy atom. The maximum atomic E-state index is 11.0. The molecule has 0 aliphatic carbocycles. The molecule has 1 heterocycles. The lowest BCUT2D eigenvalue weighted by atomic mass is 10.1. The monoisotopic (exact) mass is 326 g/mol. The second kappa shape index (κ2) is 7.84. The van der Waals surface area contributed by atoms with Crippen molar-refractivity contribution in [1.29, 1.82) is 0 Å². The molecule has 0 bridgehead atoms. The zero-order chi connectivity index (χ0) is 16.8. The van der Waals surface area contributed by atoms with E-state index in [-0.39, 0.29) is 5.91 Å². The molecule has 0 unspecified atom stereocenters. The normalized spacial score (nSPS) is 12.7. The first-order valence-electron chi connectivity index (χ1n) is 8.17. The molecule has 24 heavy (non-hydrogen) atoms. The fraction of sp³-hybridized carbons (Fsp3) is 0.316. The Morgan fingerprint density at radius 1 is 1.08 bits per heavy atom. The molecular weight excluding hydrogens is 304 g/mol. The topological polar surface area (TPSA) is 59.6 Å². The maximum Gasteiger partial charge on any atom is 0.221 e. The van der Waals surface area contributed by atoms with Crippen molar-refractivity contribution in [3.63, 3.8) is 0 Å². The van der Waals surface area contributed by atoms with Crippen LogP contribution in [0.4, 0.5) is 5.69 Å². The lowest BCUT2D eigenvalue weighted by molar-refractivity contribution is -0.114. The molecule has 5 heteroatoms. The fourth-order valence-corrected chi connectivity index (χ4v) is 2.69. The van der Waals surface area contributed by atoms with Crippen molar-refractivity contribution in [2.75, 3.05) is 25.1 Å². The van der Waals surface area contributed by atoms with Crippen molar-refractivity contribution < 1.29 is 14.3 Å². The molecule has 0 atom stereocenters. The molecule has 2 aromatic rings. The summed E-state index contributed by atoms with van der Waals surface area (Å²) in [5, 5.41) is 6.21. The van der Waals surface area contributed by atoms with Crippen LogP contribution in [0.15, 0.2) is 42.5 Å². The first-order chi connectivity index (χ1) is 11.7. The summed E-state index contributed by atoms with van der Waals surface area (Å²) < 4.78 is 11.3. The van der Waals surface area contributed by atoms with E-state index >= 15 is 0 Å². The highest BCUT2D eigenvalue weighted by molar-refractivity contribution is 5.88. The number of benzene rings is 2. The summed E-state index contributed by atoms with van der Waals surface area (Å²) in [6.07, 6.45) is 0.923. The van der Waals surface area contributed by atoms with E-state index in [0.29, 0.717) is 13.2 Å². The Bertz CT molecular complexity index is 698. The van der Waals surface area contributed by atoms with Gasteiger partial charge in [0, 0.05) is 24.7 Å². The van der Waals surface area contributed by atoms with Gasteiger partial charge < -0.3 is 20.1 Å². The Balaban J connectivity index is 1.48. The molecule has 5 nitrogen and oxygen atoms in total. The molecule has 3 rings (SSSR count). The molecule has 0 saturated carbocycles. The Hall–Kier alpha value is -2.53. The van der Waals surface area contributed by atoms with Crippen LogP contribution < -0.4 is 20.1 Å². The first-order valence-corrected chi connectivity index (χ1v) is 8.17. The van der Waals surface area contributed by atoms with Crippen LogP contribution in [0.3, 0.4) is 0 Å². The minimum atomic E-state index is -0.0539. The molecule has 2 N–H and O–H groups in total. The van der Waals surface area contributed by atoms with E-state index in [4.69, 9.17) is 9.47 Å². The summed E-state index contributed by atoms with van der Waals surface area (Å²) in [5.74, 6) is 1.63. The van der Waals surface area contributed by atoms with Crippen LogP contribution in [0.2, 0.25) is 0 Å². The molecule has 0 saturated heterocycles. The number of carbonyl (C=O) groups is 1. The zero-order valence-corrected chi connectivity index (χ0v) is 13.8. The number of rotatable bonds is 6. The molecule has 0 fully saturated rings. The van der Waals surface area contributed by atoms with Crippen LogP contribution in [0.1, 0.15) is 18.1 Å². The number of hydrogen-bond acceptors (Lipinski definition) is 4. The highest BCUT2D eigenvalue weighted by Gasteiger charge is 2.14. The summed E-state index contributed by atoms with van der Waals surface area (Å²) in [6.45, 7) is 4.33. The van der Waals surface area contributed by atoms with Gasteiger partial charge in [-0.2, -0.15) is 0 Å². The average Bonchev–Trinajstić information content (AvgIpc) is 2.60. The van der Waals surface area contributed by atoms with Crippen LogP contribution >= 0.6 is 0 Å². The summed E-state index contributed by atoms with van der Waals surface area (Å²) in [5.41, 5.74) is 3.17. The second-order valence-corrected chi connectivity index (χ2v) is 5.75.